The van der Waals surface area contributed by atoms with Crippen LogP contribution in [0.15, 0.2) is 18.2 Å². The normalized spacial score (nSPS) is 12.5. The summed E-state index contributed by atoms with van der Waals surface area (Å²) in [6, 6.07) is 5.63. The lowest BCUT2D eigenvalue weighted by Gasteiger charge is -2.08. The lowest BCUT2D eigenvalue weighted by molar-refractivity contribution is 0.0949. The maximum absolute atomic E-state index is 12.2. The van der Waals surface area contributed by atoms with E-state index in [1.807, 2.05) is 25.1 Å². The molecule has 0 aliphatic carbocycles. The second-order valence-corrected chi connectivity index (χ2v) is 4.64. The smallest absolute Gasteiger partial charge is 0.255 e. The molecule has 0 atom stereocenters. The number of H-pyrrole nitrogens is 1. The average molecular weight is 273 g/mol. The van der Waals surface area contributed by atoms with Crippen LogP contribution in [-0.2, 0) is 6.54 Å². The Bertz CT molecular complexity index is 644. The monoisotopic (exact) mass is 273 g/mol. The summed E-state index contributed by atoms with van der Waals surface area (Å²) in [5, 5.41) is 9.70. The molecule has 0 saturated carbocycles. The van der Waals surface area contributed by atoms with Crippen molar-refractivity contribution in [2.45, 2.75) is 20.4 Å². The number of nitrogens with one attached hydrogen (secondary N) is 2. The minimum Gasteiger partial charge on any atom is -0.454 e. The third-order valence-electron chi connectivity index (χ3n) is 3.27. The van der Waals surface area contributed by atoms with E-state index in [9.17, 15) is 4.79 Å². The first-order chi connectivity index (χ1) is 9.66. The van der Waals surface area contributed by atoms with Gasteiger partial charge in [-0.15, -0.1) is 0 Å². The van der Waals surface area contributed by atoms with Crippen molar-refractivity contribution in [2.75, 3.05) is 6.79 Å². The van der Waals surface area contributed by atoms with Gasteiger partial charge in [0.15, 0.2) is 11.5 Å². The van der Waals surface area contributed by atoms with Crippen LogP contribution in [0.3, 0.4) is 0 Å². The number of nitrogens with zero attached hydrogens (tertiary/aromatic N) is 1. The molecular weight excluding hydrogens is 258 g/mol. The number of aryl methyl sites for hydroxylation is 2. The van der Waals surface area contributed by atoms with Gasteiger partial charge in [-0.05, 0) is 19.9 Å². The molecular formula is C14H15N3O3. The number of hydrogen-bond donors (Lipinski definition) is 2. The first kappa shape index (κ1) is 12.5. The molecule has 1 amide bonds. The average Bonchev–Trinajstić information content (AvgIpc) is 3.03. The van der Waals surface area contributed by atoms with Crippen LogP contribution in [0.25, 0.3) is 0 Å². The highest BCUT2D eigenvalue weighted by atomic mass is 16.7. The Morgan fingerprint density at radius 1 is 1.40 bits per heavy atom. The first-order valence-electron chi connectivity index (χ1n) is 6.34. The van der Waals surface area contributed by atoms with Gasteiger partial charge in [0.05, 0.1) is 11.3 Å². The van der Waals surface area contributed by atoms with Gasteiger partial charge < -0.3 is 14.8 Å². The van der Waals surface area contributed by atoms with Crippen LogP contribution in [0.1, 0.15) is 27.3 Å². The zero-order chi connectivity index (χ0) is 14.1. The maximum atomic E-state index is 12.2. The van der Waals surface area contributed by atoms with E-state index in [0.29, 0.717) is 29.3 Å². The highest BCUT2D eigenvalue weighted by Gasteiger charge is 2.19. The van der Waals surface area contributed by atoms with E-state index in [2.05, 4.69) is 15.5 Å². The summed E-state index contributed by atoms with van der Waals surface area (Å²) in [5.74, 6) is 1.27. The number of carbonyl (C=O) groups excluding carboxylic acids is 1. The van der Waals surface area contributed by atoms with E-state index in [-0.39, 0.29) is 12.7 Å². The number of rotatable bonds is 3. The number of ether oxygens (including phenoxy) is 2. The van der Waals surface area contributed by atoms with Crippen molar-refractivity contribution in [1.29, 1.82) is 0 Å². The van der Waals surface area contributed by atoms with Crippen LogP contribution < -0.4 is 14.8 Å². The van der Waals surface area contributed by atoms with Crippen molar-refractivity contribution < 1.29 is 14.3 Å². The Balaban J connectivity index is 1.75. The molecule has 1 aromatic heterocycles. The summed E-state index contributed by atoms with van der Waals surface area (Å²) in [6.07, 6.45) is 0. The minimum absolute atomic E-state index is 0.148. The fourth-order valence-electron chi connectivity index (χ4n) is 2.28. The number of aromatic amines is 1. The van der Waals surface area contributed by atoms with Crippen LogP contribution >= 0.6 is 0 Å². The van der Waals surface area contributed by atoms with Crippen molar-refractivity contribution in [3.05, 3.63) is 40.7 Å². The molecule has 3 rings (SSSR count). The van der Waals surface area contributed by atoms with Crippen LogP contribution in [0.4, 0.5) is 0 Å². The Kier molecular flexibility index (Phi) is 3.06. The van der Waals surface area contributed by atoms with Crippen molar-refractivity contribution >= 4 is 5.91 Å². The zero-order valence-corrected chi connectivity index (χ0v) is 11.3. The summed E-state index contributed by atoms with van der Waals surface area (Å²) in [7, 11) is 0. The number of fused-ring (bicyclic) bond motifs is 1. The molecule has 0 fully saturated rings. The van der Waals surface area contributed by atoms with Crippen LogP contribution in [-0.4, -0.2) is 22.9 Å². The SMILES string of the molecule is Cc1n[nH]c(C)c1C(=O)NCc1cccc2c1OCO2. The maximum Gasteiger partial charge on any atom is 0.255 e. The molecule has 0 unspecified atom stereocenters. The van der Waals surface area contributed by atoms with Gasteiger partial charge in [0.1, 0.15) is 0 Å². The number of hydrogen-bond acceptors (Lipinski definition) is 4. The van der Waals surface area contributed by atoms with Crippen LogP contribution in [0, 0.1) is 13.8 Å². The zero-order valence-electron chi connectivity index (χ0n) is 11.3. The van der Waals surface area contributed by atoms with Gasteiger partial charge in [-0.2, -0.15) is 5.10 Å². The second-order valence-electron chi connectivity index (χ2n) is 4.64. The number of aromatic nitrogens is 2. The van der Waals surface area contributed by atoms with E-state index in [0.717, 1.165) is 11.3 Å². The van der Waals surface area contributed by atoms with Gasteiger partial charge in [-0.25, -0.2) is 0 Å². The number of amides is 1. The van der Waals surface area contributed by atoms with Crippen molar-refractivity contribution in [3.63, 3.8) is 0 Å². The fraction of sp³-hybridized carbons (Fsp3) is 0.286. The molecule has 6 nitrogen and oxygen atoms in total. The van der Waals surface area contributed by atoms with Gasteiger partial charge in [-0.1, -0.05) is 12.1 Å². The summed E-state index contributed by atoms with van der Waals surface area (Å²) < 4.78 is 10.7. The largest absolute Gasteiger partial charge is 0.454 e. The van der Waals surface area contributed by atoms with Crippen LogP contribution in [0.5, 0.6) is 11.5 Å². The molecule has 1 aliphatic rings. The van der Waals surface area contributed by atoms with Crippen molar-refractivity contribution in [1.82, 2.24) is 15.5 Å². The molecule has 6 heteroatoms. The van der Waals surface area contributed by atoms with Gasteiger partial charge in [-0.3, -0.25) is 9.89 Å². The third-order valence-corrected chi connectivity index (χ3v) is 3.27. The summed E-state index contributed by atoms with van der Waals surface area (Å²) >= 11 is 0. The molecule has 2 N–H and O–H groups in total. The molecule has 20 heavy (non-hydrogen) atoms. The minimum atomic E-state index is -0.148. The lowest BCUT2D eigenvalue weighted by atomic mass is 10.1. The van der Waals surface area contributed by atoms with E-state index in [1.54, 1.807) is 6.92 Å². The molecule has 0 saturated heterocycles. The predicted octanol–water partition coefficient (Wildman–Crippen LogP) is 1.69. The number of carbonyl (C=O) groups is 1. The first-order valence-corrected chi connectivity index (χ1v) is 6.34. The molecule has 2 aromatic rings. The molecule has 0 radical (unpaired) electrons. The Morgan fingerprint density at radius 2 is 2.25 bits per heavy atom. The van der Waals surface area contributed by atoms with Gasteiger partial charge in [0, 0.05) is 17.8 Å². The van der Waals surface area contributed by atoms with Crippen molar-refractivity contribution in [3.8, 4) is 11.5 Å². The van der Waals surface area contributed by atoms with Gasteiger partial charge in [0.2, 0.25) is 6.79 Å². The summed E-state index contributed by atoms with van der Waals surface area (Å²) in [4.78, 5) is 12.2. The predicted molar refractivity (Wildman–Crippen MR) is 71.8 cm³/mol. The molecule has 0 bridgehead atoms. The standard InChI is InChI=1S/C14H15N3O3/c1-8-12(9(2)17-16-8)14(18)15-6-10-4-3-5-11-13(10)20-7-19-11/h3-5H,6-7H2,1-2H3,(H,15,18)(H,16,17). The Labute approximate surface area is 116 Å². The molecule has 2 heterocycles. The Morgan fingerprint density at radius 3 is 3.00 bits per heavy atom. The highest BCUT2D eigenvalue weighted by molar-refractivity contribution is 5.96. The van der Waals surface area contributed by atoms with E-state index >= 15 is 0 Å². The topological polar surface area (TPSA) is 76.2 Å². The quantitative estimate of drug-likeness (QED) is 0.892. The van der Waals surface area contributed by atoms with Crippen molar-refractivity contribution in [2.24, 2.45) is 0 Å². The summed E-state index contributed by atoms with van der Waals surface area (Å²) in [6.45, 7) is 4.23. The number of benzene rings is 1. The molecule has 104 valence electrons. The van der Waals surface area contributed by atoms with E-state index in [1.165, 1.54) is 0 Å². The lowest BCUT2D eigenvalue weighted by Crippen LogP contribution is -2.24. The third kappa shape index (κ3) is 2.09. The van der Waals surface area contributed by atoms with Crippen LogP contribution in [0.2, 0.25) is 0 Å². The number of para-hydroxylation sites is 1. The highest BCUT2D eigenvalue weighted by Crippen LogP contribution is 2.35. The van der Waals surface area contributed by atoms with E-state index in [4.69, 9.17) is 9.47 Å². The van der Waals surface area contributed by atoms with Gasteiger partial charge >= 0.3 is 0 Å². The Hall–Kier alpha value is -2.50. The second kappa shape index (κ2) is 4.88. The van der Waals surface area contributed by atoms with Gasteiger partial charge in [0.25, 0.3) is 5.91 Å². The van der Waals surface area contributed by atoms with E-state index < -0.39 is 0 Å². The fourth-order valence-corrected chi connectivity index (χ4v) is 2.28. The molecule has 0 spiro atoms. The molecule has 1 aromatic carbocycles. The molecule has 1 aliphatic heterocycles. The summed E-state index contributed by atoms with van der Waals surface area (Å²) in [5.41, 5.74) is 2.94.